The van der Waals surface area contributed by atoms with Crippen LogP contribution in [0.25, 0.3) is 11.1 Å². The van der Waals surface area contributed by atoms with Crippen LogP contribution in [0.1, 0.15) is 13.8 Å². The van der Waals surface area contributed by atoms with Crippen molar-refractivity contribution in [3.05, 3.63) is 54.6 Å². The highest BCUT2D eigenvalue weighted by Gasteiger charge is 2.37. The lowest BCUT2D eigenvalue weighted by molar-refractivity contribution is 0.186. The first-order valence-electron chi connectivity index (χ1n) is 7.36. The Bertz CT molecular complexity index is 689. The second-order valence-corrected chi connectivity index (χ2v) is 6.44. The van der Waals surface area contributed by atoms with E-state index in [1.165, 1.54) is 0 Å². The summed E-state index contributed by atoms with van der Waals surface area (Å²) in [6.07, 6.45) is 0. The van der Waals surface area contributed by atoms with E-state index in [-0.39, 0.29) is 13.2 Å². The van der Waals surface area contributed by atoms with Gasteiger partial charge in [-0.2, -0.15) is 0 Å². The van der Waals surface area contributed by atoms with Crippen molar-refractivity contribution in [2.45, 2.75) is 13.8 Å². The van der Waals surface area contributed by atoms with Crippen LogP contribution in [0.5, 0.6) is 5.75 Å². The summed E-state index contributed by atoms with van der Waals surface area (Å²) < 4.78 is 27.8. The van der Waals surface area contributed by atoms with Crippen LogP contribution in [0.2, 0.25) is 0 Å². The number of para-hydroxylation sites is 1. The van der Waals surface area contributed by atoms with Crippen molar-refractivity contribution >= 4 is 13.3 Å². The quantitative estimate of drug-likeness (QED) is 0.658. The fraction of sp³-hybridized carbons (Fsp3) is 0.235. The number of carbonyl (C=O) groups is 1. The Morgan fingerprint density at radius 1 is 0.913 bits per heavy atom. The molecule has 6 heteroatoms. The van der Waals surface area contributed by atoms with E-state index in [1.807, 2.05) is 42.5 Å². The van der Waals surface area contributed by atoms with E-state index in [1.54, 1.807) is 26.0 Å². The van der Waals surface area contributed by atoms with Gasteiger partial charge in [-0.15, -0.1) is 0 Å². The van der Waals surface area contributed by atoms with E-state index in [0.717, 1.165) is 11.1 Å². The lowest BCUT2D eigenvalue weighted by Gasteiger charge is -2.16. The molecule has 122 valence electrons. The first-order valence-corrected chi connectivity index (χ1v) is 8.91. The van der Waals surface area contributed by atoms with Crippen molar-refractivity contribution in [3.63, 3.8) is 0 Å². The Morgan fingerprint density at radius 2 is 1.48 bits per heavy atom. The average molecular weight is 334 g/mol. The number of carbonyl (C=O) groups excluding carboxylic acids is 1. The molecule has 0 aliphatic rings. The predicted molar refractivity (Wildman–Crippen MR) is 88.8 cm³/mol. The van der Waals surface area contributed by atoms with Crippen LogP contribution in [-0.4, -0.2) is 18.9 Å². The molecule has 0 N–H and O–H groups in total. The van der Waals surface area contributed by atoms with Crippen molar-refractivity contribution in [3.8, 4) is 16.9 Å². The molecule has 0 saturated heterocycles. The summed E-state index contributed by atoms with van der Waals surface area (Å²) in [6.45, 7) is 3.45. The van der Waals surface area contributed by atoms with Gasteiger partial charge in [0.2, 0.25) is 0 Å². The number of ether oxygens (including phenoxy) is 1. The summed E-state index contributed by atoms with van der Waals surface area (Å²) in [5, 5.41) is 0. The maximum absolute atomic E-state index is 12.4. The maximum atomic E-state index is 12.4. The lowest BCUT2D eigenvalue weighted by Crippen LogP contribution is -2.12. The van der Waals surface area contributed by atoms with Crippen molar-refractivity contribution in [1.29, 1.82) is 0 Å². The molecule has 0 bridgehead atoms. The van der Waals surface area contributed by atoms with E-state index >= 15 is 0 Å². The first kappa shape index (κ1) is 17.4. The van der Waals surface area contributed by atoms with Crippen LogP contribution < -0.4 is 4.74 Å². The predicted octanol–water partition coefficient (Wildman–Crippen LogP) is 5.12. The Labute approximate surface area is 135 Å². The minimum atomic E-state index is -3.95. The summed E-state index contributed by atoms with van der Waals surface area (Å²) in [5.41, 5.74) is 0.601. The Hall–Kier alpha value is -1.94. The maximum Gasteiger partial charge on any atom is 0.438 e. The molecule has 2 aromatic carbocycles. The van der Waals surface area contributed by atoms with Gasteiger partial charge in [-0.3, -0.25) is 0 Å². The molecule has 2 aromatic rings. The van der Waals surface area contributed by atoms with E-state index in [9.17, 15) is 9.36 Å². The number of hydrogen-bond donors (Lipinski definition) is 0. The van der Waals surface area contributed by atoms with Crippen LogP contribution in [-0.2, 0) is 13.6 Å². The molecule has 0 unspecified atom stereocenters. The number of hydrogen-bond acceptors (Lipinski definition) is 5. The van der Waals surface area contributed by atoms with Gasteiger partial charge in [0, 0.05) is 5.56 Å². The molecule has 2 rings (SSSR count). The molecule has 0 heterocycles. The largest absolute Gasteiger partial charge is 0.438 e. The SMILES string of the molecule is CCOP(=O)(OCC)C(=O)Oc1ccccc1-c1ccccc1. The topological polar surface area (TPSA) is 61.8 Å². The van der Waals surface area contributed by atoms with Crippen molar-refractivity contribution in [2.24, 2.45) is 0 Å². The van der Waals surface area contributed by atoms with Gasteiger partial charge in [-0.05, 0) is 25.5 Å². The standard InChI is InChI=1S/C17H19O5P/c1-3-20-23(19,21-4-2)17(18)22-16-13-9-8-12-15(16)14-10-6-5-7-11-14/h5-13H,3-4H2,1-2H3. The van der Waals surface area contributed by atoms with E-state index in [4.69, 9.17) is 13.8 Å². The second kappa shape index (κ2) is 8.06. The highest BCUT2D eigenvalue weighted by Crippen LogP contribution is 2.50. The van der Waals surface area contributed by atoms with Crippen LogP contribution in [0.4, 0.5) is 4.79 Å². The molecule has 0 aromatic heterocycles. The van der Waals surface area contributed by atoms with Gasteiger partial charge in [-0.25, -0.2) is 9.36 Å². The molecular formula is C17H19O5P. The molecule has 5 nitrogen and oxygen atoms in total. The normalized spacial score (nSPS) is 11.2. The number of rotatable bonds is 7. The van der Waals surface area contributed by atoms with Crippen LogP contribution in [0.3, 0.4) is 0 Å². The third kappa shape index (κ3) is 4.29. The minimum absolute atomic E-state index is 0.0900. The third-order valence-electron chi connectivity index (χ3n) is 2.99. The third-order valence-corrected chi connectivity index (χ3v) is 4.73. The van der Waals surface area contributed by atoms with E-state index in [0.29, 0.717) is 5.75 Å². The van der Waals surface area contributed by atoms with Crippen molar-refractivity contribution in [2.75, 3.05) is 13.2 Å². The Kier molecular flexibility index (Phi) is 6.11. The minimum Gasteiger partial charge on any atom is -0.417 e. The smallest absolute Gasteiger partial charge is 0.417 e. The lowest BCUT2D eigenvalue weighted by atomic mass is 10.1. The fourth-order valence-corrected chi connectivity index (χ4v) is 3.22. The summed E-state index contributed by atoms with van der Waals surface area (Å²) in [4.78, 5) is 12.3. The van der Waals surface area contributed by atoms with E-state index in [2.05, 4.69) is 0 Å². The molecule has 0 saturated carbocycles. The molecule has 0 spiro atoms. The van der Waals surface area contributed by atoms with Gasteiger partial charge < -0.3 is 13.8 Å². The van der Waals surface area contributed by atoms with Gasteiger partial charge >= 0.3 is 13.3 Å². The summed E-state index contributed by atoms with van der Waals surface area (Å²) in [6, 6.07) is 16.5. The molecule has 0 aliphatic heterocycles. The fourth-order valence-electron chi connectivity index (χ4n) is 2.04. The van der Waals surface area contributed by atoms with E-state index < -0.39 is 13.3 Å². The molecule has 0 radical (unpaired) electrons. The Morgan fingerprint density at radius 3 is 2.09 bits per heavy atom. The molecule has 0 atom stereocenters. The van der Waals surface area contributed by atoms with Gasteiger partial charge in [-0.1, -0.05) is 48.5 Å². The molecular weight excluding hydrogens is 315 g/mol. The monoisotopic (exact) mass is 334 g/mol. The summed E-state index contributed by atoms with van der Waals surface area (Å²) in [7, 11) is -3.95. The number of benzene rings is 2. The van der Waals surface area contributed by atoms with Gasteiger partial charge in [0.25, 0.3) is 0 Å². The van der Waals surface area contributed by atoms with Crippen LogP contribution in [0.15, 0.2) is 54.6 Å². The molecule has 0 aliphatic carbocycles. The second-order valence-electron chi connectivity index (χ2n) is 4.56. The zero-order valence-corrected chi connectivity index (χ0v) is 14.0. The van der Waals surface area contributed by atoms with Gasteiger partial charge in [0.1, 0.15) is 5.75 Å². The first-order chi connectivity index (χ1) is 11.1. The average Bonchev–Trinajstić information content (AvgIpc) is 2.56. The highest BCUT2D eigenvalue weighted by atomic mass is 31.2. The van der Waals surface area contributed by atoms with Crippen LogP contribution in [0, 0.1) is 0 Å². The van der Waals surface area contributed by atoms with Gasteiger partial charge in [0.05, 0.1) is 13.2 Å². The zero-order valence-electron chi connectivity index (χ0n) is 13.1. The van der Waals surface area contributed by atoms with Crippen molar-refractivity contribution < 1.29 is 23.1 Å². The molecule has 0 amide bonds. The Balaban J connectivity index is 2.30. The molecule has 0 fully saturated rings. The van der Waals surface area contributed by atoms with Crippen molar-refractivity contribution in [1.82, 2.24) is 0 Å². The van der Waals surface area contributed by atoms with Crippen LogP contribution >= 0.6 is 7.60 Å². The summed E-state index contributed by atoms with van der Waals surface area (Å²) >= 11 is 0. The zero-order chi connectivity index (χ0) is 16.7. The van der Waals surface area contributed by atoms with Gasteiger partial charge in [0.15, 0.2) is 0 Å². The molecule has 23 heavy (non-hydrogen) atoms. The summed E-state index contributed by atoms with van der Waals surface area (Å²) in [5.74, 6) is 0.309. The highest BCUT2D eigenvalue weighted by molar-refractivity contribution is 7.71.